The second-order valence-electron chi connectivity index (χ2n) is 3.98. The highest BCUT2D eigenvalue weighted by molar-refractivity contribution is 5.98. The highest BCUT2D eigenvalue weighted by Gasteiger charge is 2.27. The Morgan fingerprint density at radius 2 is 2.12 bits per heavy atom. The lowest BCUT2D eigenvalue weighted by atomic mass is 9.96. The normalized spacial score (nSPS) is 20.1. The van der Waals surface area contributed by atoms with E-state index in [-0.39, 0.29) is 22.8 Å². The number of benzene rings is 1. The molecule has 4 heteroatoms. The lowest BCUT2D eigenvalue weighted by molar-refractivity contribution is 0.0895. The zero-order valence-electron chi connectivity index (χ0n) is 8.93. The van der Waals surface area contributed by atoms with Gasteiger partial charge in [-0.25, -0.2) is 8.78 Å². The average molecular weight is 226 g/mol. The fraction of sp³-hybridized carbons (Fsp3) is 0.417. The van der Waals surface area contributed by atoms with Crippen LogP contribution in [0.1, 0.15) is 22.3 Å². The molecular formula is C12H12F2O2. The van der Waals surface area contributed by atoms with E-state index in [4.69, 9.17) is 4.74 Å². The second-order valence-corrected chi connectivity index (χ2v) is 3.98. The molecule has 1 aliphatic heterocycles. The molecule has 86 valence electrons. The van der Waals surface area contributed by atoms with E-state index >= 15 is 0 Å². The Bertz CT molecular complexity index is 423. The van der Waals surface area contributed by atoms with Crippen molar-refractivity contribution < 1.29 is 18.3 Å². The minimum atomic E-state index is -1.04. The predicted molar refractivity (Wildman–Crippen MR) is 54.4 cm³/mol. The lowest BCUT2D eigenvalue weighted by Gasteiger charge is -2.08. The molecule has 1 aromatic rings. The van der Waals surface area contributed by atoms with Crippen molar-refractivity contribution in [2.45, 2.75) is 13.3 Å². The summed E-state index contributed by atoms with van der Waals surface area (Å²) in [4.78, 5) is 11.8. The summed E-state index contributed by atoms with van der Waals surface area (Å²) in [5.74, 6) is -2.69. The number of halogens is 2. The van der Waals surface area contributed by atoms with Gasteiger partial charge in [0.15, 0.2) is 17.4 Å². The van der Waals surface area contributed by atoms with E-state index in [1.54, 1.807) is 0 Å². The van der Waals surface area contributed by atoms with Crippen LogP contribution in [0.4, 0.5) is 8.78 Å². The fourth-order valence-corrected chi connectivity index (χ4v) is 1.80. The third kappa shape index (κ3) is 1.85. The van der Waals surface area contributed by atoms with Crippen LogP contribution < -0.4 is 0 Å². The Morgan fingerprint density at radius 3 is 2.75 bits per heavy atom. The highest BCUT2D eigenvalue weighted by atomic mass is 19.2. The minimum Gasteiger partial charge on any atom is -0.381 e. The summed E-state index contributed by atoms with van der Waals surface area (Å²) in [7, 11) is 0. The summed E-state index contributed by atoms with van der Waals surface area (Å²) in [5, 5.41) is 0. The van der Waals surface area contributed by atoms with Crippen LogP contribution in [0.25, 0.3) is 0 Å². The van der Waals surface area contributed by atoms with Crippen LogP contribution in [0.15, 0.2) is 12.1 Å². The Kier molecular flexibility index (Phi) is 3.01. The molecule has 0 amide bonds. The summed E-state index contributed by atoms with van der Waals surface area (Å²) >= 11 is 0. The molecule has 1 unspecified atom stereocenters. The topological polar surface area (TPSA) is 26.3 Å². The van der Waals surface area contributed by atoms with Gasteiger partial charge in [0.1, 0.15) is 0 Å². The number of ether oxygens (including phenoxy) is 1. The van der Waals surface area contributed by atoms with Crippen LogP contribution in [0.3, 0.4) is 0 Å². The van der Waals surface area contributed by atoms with Crippen LogP contribution in [0, 0.1) is 24.5 Å². The number of carbonyl (C=O) groups is 1. The number of hydrogen-bond donors (Lipinski definition) is 0. The molecule has 1 aromatic carbocycles. The molecule has 2 rings (SSSR count). The van der Waals surface area contributed by atoms with Crippen molar-refractivity contribution in [2.75, 3.05) is 13.2 Å². The Hall–Kier alpha value is -1.29. The van der Waals surface area contributed by atoms with Gasteiger partial charge in [0.05, 0.1) is 12.2 Å². The molecule has 0 aromatic heterocycles. The molecule has 16 heavy (non-hydrogen) atoms. The maximum atomic E-state index is 13.5. The third-order valence-corrected chi connectivity index (χ3v) is 2.84. The number of Topliss-reactive ketones (excluding diaryl/α,β-unsaturated/α-hetero) is 1. The van der Waals surface area contributed by atoms with Crippen LogP contribution in [-0.4, -0.2) is 19.0 Å². The van der Waals surface area contributed by atoms with Crippen molar-refractivity contribution in [2.24, 2.45) is 5.92 Å². The number of carbonyl (C=O) groups excluding carboxylic acids is 1. The quantitative estimate of drug-likeness (QED) is 0.724. The van der Waals surface area contributed by atoms with Crippen molar-refractivity contribution >= 4 is 5.78 Å². The molecule has 0 aliphatic carbocycles. The molecule has 1 heterocycles. The van der Waals surface area contributed by atoms with E-state index in [1.807, 2.05) is 0 Å². The van der Waals surface area contributed by atoms with Gasteiger partial charge in [0.2, 0.25) is 0 Å². The van der Waals surface area contributed by atoms with Gasteiger partial charge in [-0.3, -0.25) is 4.79 Å². The Labute approximate surface area is 92.2 Å². The lowest BCUT2D eigenvalue weighted by Crippen LogP contribution is -2.17. The Balaban J connectivity index is 2.33. The van der Waals surface area contributed by atoms with E-state index < -0.39 is 11.6 Å². The molecule has 1 saturated heterocycles. The summed E-state index contributed by atoms with van der Waals surface area (Å²) in [6, 6.07) is 2.76. The van der Waals surface area contributed by atoms with Crippen LogP contribution >= 0.6 is 0 Å². The summed E-state index contributed by atoms with van der Waals surface area (Å²) < 4.78 is 31.9. The molecule has 0 spiro atoms. The first kappa shape index (κ1) is 11.2. The van der Waals surface area contributed by atoms with Gasteiger partial charge < -0.3 is 4.74 Å². The number of ketones is 1. The van der Waals surface area contributed by atoms with E-state index in [0.29, 0.717) is 19.6 Å². The van der Waals surface area contributed by atoms with E-state index in [2.05, 4.69) is 0 Å². The molecular weight excluding hydrogens is 214 g/mol. The first-order chi connectivity index (χ1) is 7.61. The predicted octanol–water partition coefficient (Wildman–Crippen LogP) is 2.49. The summed E-state index contributed by atoms with van der Waals surface area (Å²) in [6.07, 6.45) is 0.577. The number of hydrogen-bond acceptors (Lipinski definition) is 2. The van der Waals surface area contributed by atoms with Gasteiger partial charge in [-0.1, -0.05) is 6.07 Å². The van der Waals surface area contributed by atoms with E-state index in [0.717, 1.165) is 0 Å². The van der Waals surface area contributed by atoms with Gasteiger partial charge in [-0.15, -0.1) is 0 Å². The Morgan fingerprint density at radius 1 is 1.38 bits per heavy atom. The fourth-order valence-electron chi connectivity index (χ4n) is 1.80. The minimum absolute atomic E-state index is 0.168. The highest BCUT2D eigenvalue weighted by Crippen LogP contribution is 2.22. The van der Waals surface area contributed by atoms with Gasteiger partial charge in [-0.2, -0.15) is 0 Å². The van der Waals surface area contributed by atoms with E-state index in [1.165, 1.54) is 19.1 Å². The smallest absolute Gasteiger partial charge is 0.171 e. The second kappa shape index (κ2) is 4.29. The maximum Gasteiger partial charge on any atom is 0.171 e. The van der Waals surface area contributed by atoms with Gasteiger partial charge in [0.25, 0.3) is 0 Å². The zero-order valence-corrected chi connectivity index (χ0v) is 8.93. The van der Waals surface area contributed by atoms with Crippen molar-refractivity contribution in [1.29, 1.82) is 0 Å². The SMILES string of the molecule is Cc1ccc(C(=O)C2CCOC2)c(F)c1F. The molecule has 1 atom stereocenters. The van der Waals surface area contributed by atoms with Crippen molar-refractivity contribution in [3.8, 4) is 0 Å². The standard InChI is InChI=1S/C12H12F2O2/c1-7-2-3-9(11(14)10(7)13)12(15)8-4-5-16-6-8/h2-3,8H,4-6H2,1H3. The molecule has 2 nitrogen and oxygen atoms in total. The van der Waals surface area contributed by atoms with Crippen LogP contribution in [0.2, 0.25) is 0 Å². The summed E-state index contributed by atoms with van der Waals surface area (Å²) in [5.41, 5.74) is 0.0373. The number of aryl methyl sites for hydroxylation is 1. The first-order valence-corrected chi connectivity index (χ1v) is 5.18. The van der Waals surface area contributed by atoms with Gasteiger partial charge in [0, 0.05) is 12.5 Å². The van der Waals surface area contributed by atoms with Crippen molar-refractivity contribution in [3.63, 3.8) is 0 Å². The molecule has 0 bridgehead atoms. The third-order valence-electron chi connectivity index (χ3n) is 2.84. The molecule has 1 aliphatic rings. The monoisotopic (exact) mass is 226 g/mol. The molecule has 0 N–H and O–H groups in total. The molecule has 0 saturated carbocycles. The van der Waals surface area contributed by atoms with Gasteiger partial charge >= 0.3 is 0 Å². The number of rotatable bonds is 2. The molecule has 1 fully saturated rings. The van der Waals surface area contributed by atoms with Crippen LogP contribution in [-0.2, 0) is 4.74 Å². The van der Waals surface area contributed by atoms with Crippen molar-refractivity contribution in [3.05, 3.63) is 34.9 Å². The zero-order chi connectivity index (χ0) is 11.7. The maximum absolute atomic E-state index is 13.5. The van der Waals surface area contributed by atoms with Crippen LogP contribution in [0.5, 0.6) is 0 Å². The van der Waals surface area contributed by atoms with Crippen molar-refractivity contribution in [1.82, 2.24) is 0 Å². The molecule has 0 radical (unpaired) electrons. The summed E-state index contributed by atoms with van der Waals surface area (Å²) in [6.45, 7) is 2.27. The van der Waals surface area contributed by atoms with E-state index in [9.17, 15) is 13.6 Å². The van der Waals surface area contributed by atoms with Gasteiger partial charge in [-0.05, 0) is 25.0 Å². The average Bonchev–Trinajstić information content (AvgIpc) is 2.79. The largest absolute Gasteiger partial charge is 0.381 e. The first-order valence-electron chi connectivity index (χ1n) is 5.18.